The molecule has 0 spiro atoms. The van der Waals surface area contributed by atoms with E-state index in [4.69, 9.17) is 57.1 Å². The monoisotopic (exact) mass is 1530 g/mol. The van der Waals surface area contributed by atoms with E-state index in [0.29, 0.717) is 90.7 Å². The Hall–Kier alpha value is -11.3. The van der Waals surface area contributed by atoms with Crippen molar-refractivity contribution in [1.82, 2.24) is 58.5 Å². The average molecular weight is 1530 g/mol. The standard InChI is InChI=1S/C27H34N6O5.C26H34N6O5.C26H33N5O5/c1-27(2,29)22(34)14-19(16-37-15-18-8-4-3-5-9-18)25-31-30-23-12-6-10-20(33(23)25)17-38-26(36)32-13-7-11-21(32)24(28)35;1-17-8-5-6-9-18(17)14-36-15-19(12-21(33)26(2,3)28)24-30-29-23-11-7-10-20(32(23)24)16-37-25(35)31(4)13-22(27)34;1-18(32)14-30(4)25(34)36-17-21-11-8-12-23-28-29-24(31(21)23)20(13-22(33)26(2,3)27)16-35-15-19-9-6-5-7-10-19/h3-6,8-10,12,19,21H,7,11,13-17,29H2,1-2H3,(H2,28,35);5-11,19H,12-16,28H2,1-4H3,(H2,27,34);5-12,20H,13-17,27H2,1-4H3/t19-,21-;19-;20-/m111/s1. The number of likely N-dealkylation sites (tertiary alicyclic amines) is 1. The van der Waals surface area contributed by atoms with Gasteiger partial charge in [-0.05, 0) is 127 Å². The topological polar surface area (TPSA) is 439 Å². The highest BCUT2D eigenvalue weighted by Gasteiger charge is 2.36. The van der Waals surface area contributed by atoms with Gasteiger partial charge in [-0.15, -0.1) is 30.6 Å². The number of benzene rings is 3. The highest BCUT2D eigenvalue weighted by Crippen LogP contribution is 2.29. The molecule has 111 heavy (non-hydrogen) atoms. The largest absolute Gasteiger partial charge is 0.443 e. The normalized spacial score (nSPS) is 13.8. The van der Waals surface area contributed by atoms with Crippen LogP contribution in [0, 0.1) is 6.92 Å². The number of ketones is 4. The second kappa shape index (κ2) is 39.4. The second-order valence-electron chi connectivity index (χ2n) is 29.2. The Morgan fingerprint density at radius 3 is 1.21 bits per heavy atom. The van der Waals surface area contributed by atoms with Crippen LogP contribution in [0.25, 0.3) is 16.9 Å². The molecule has 6 aromatic heterocycles. The number of carbonyl (C=O) groups excluding carboxylic acids is 9. The zero-order chi connectivity index (χ0) is 80.7. The van der Waals surface area contributed by atoms with Gasteiger partial charge in [-0.1, -0.05) is 103 Å². The van der Waals surface area contributed by atoms with Gasteiger partial charge < -0.3 is 66.9 Å². The third-order valence-electron chi connectivity index (χ3n) is 18.2. The van der Waals surface area contributed by atoms with E-state index < -0.39 is 70.5 Å². The van der Waals surface area contributed by atoms with E-state index in [2.05, 4.69) is 30.6 Å². The lowest BCUT2D eigenvalue weighted by atomic mass is 9.91. The minimum absolute atomic E-state index is 0.0429. The third-order valence-corrected chi connectivity index (χ3v) is 18.2. The molecular weight excluding hydrogens is 1430 g/mol. The molecule has 5 amide bonds. The van der Waals surface area contributed by atoms with Crippen molar-refractivity contribution in [3.05, 3.63) is 196 Å². The summed E-state index contributed by atoms with van der Waals surface area (Å²) >= 11 is 0. The molecule has 1 saturated heterocycles. The fourth-order valence-corrected chi connectivity index (χ4v) is 11.9. The summed E-state index contributed by atoms with van der Waals surface area (Å²) in [5, 5.41) is 25.9. The van der Waals surface area contributed by atoms with Gasteiger partial charge in [0.15, 0.2) is 34.3 Å². The molecule has 0 aliphatic carbocycles. The zero-order valence-corrected chi connectivity index (χ0v) is 64.5. The van der Waals surface area contributed by atoms with Crippen molar-refractivity contribution >= 4 is 70.2 Å². The maximum atomic E-state index is 12.9. The number of primary amides is 2. The molecule has 0 radical (unpaired) electrons. The van der Waals surface area contributed by atoms with Crippen molar-refractivity contribution in [3.63, 3.8) is 0 Å². The summed E-state index contributed by atoms with van der Waals surface area (Å²) in [6.45, 7) is 15.0. The summed E-state index contributed by atoms with van der Waals surface area (Å²) in [5.41, 5.74) is 33.3. The number of rotatable bonds is 35. The van der Waals surface area contributed by atoms with E-state index in [1.165, 1.54) is 30.8 Å². The summed E-state index contributed by atoms with van der Waals surface area (Å²) in [6, 6.07) is 42.7. The maximum Gasteiger partial charge on any atom is 0.410 e. The van der Waals surface area contributed by atoms with E-state index in [-0.39, 0.29) is 95.1 Å². The van der Waals surface area contributed by atoms with Crippen molar-refractivity contribution < 1.29 is 71.6 Å². The highest BCUT2D eigenvalue weighted by atomic mass is 16.6. The van der Waals surface area contributed by atoms with Gasteiger partial charge in [0.05, 0.1) is 79.9 Å². The fourth-order valence-electron chi connectivity index (χ4n) is 11.9. The minimum Gasteiger partial charge on any atom is -0.443 e. The van der Waals surface area contributed by atoms with Gasteiger partial charge in [0.1, 0.15) is 55.7 Å². The third kappa shape index (κ3) is 24.6. The van der Waals surface area contributed by atoms with Crippen LogP contribution in [0.1, 0.15) is 155 Å². The molecule has 1 fully saturated rings. The number of nitrogens with two attached hydrogens (primary N) is 5. The molecule has 3 aromatic carbocycles. The molecule has 4 atom stereocenters. The Morgan fingerprint density at radius 2 is 0.838 bits per heavy atom. The van der Waals surface area contributed by atoms with Gasteiger partial charge in [0, 0.05) is 57.7 Å². The van der Waals surface area contributed by atoms with Crippen molar-refractivity contribution in [2.45, 2.75) is 168 Å². The summed E-state index contributed by atoms with van der Waals surface area (Å²) in [6.07, 6.45) is -0.442. The molecule has 1 aliphatic heterocycles. The highest BCUT2D eigenvalue weighted by molar-refractivity contribution is 5.89. The predicted molar refractivity (Wildman–Crippen MR) is 408 cm³/mol. The molecule has 0 unspecified atom stereocenters. The van der Waals surface area contributed by atoms with Gasteiger partial charge in [-0.25, -0.2) is 14.4 Å². The fraction of sp³-hybridized carbons (Fsp3) is 0.430. The maximum absolute atomic E-state index is 12.9. The number of likely N-dealkylation sites (N-methyl/N-ethyl adjacent to an activating group) is 2. The first-order valence-corrected chi connectivity index (χ1v) is 36.2. The van der Waals surface area contributed by atoms with E-state index in [9.17, 15) is 43.2 Å². The summed E-state index contributed by atoms with van der Waals surface area (Å²) < 4.78 is 39.7. The Bertz CT molecular complexity index is 4680. The summed E-state index contributed by atoms with van der Waals surface area (Å²) in [7, 11) is 2.91. The number of nitrogens with zero attached hydrogens (tertiary/aromatic N) is 12. The Labute approximate surface area is 643 Å². The van der Waals surface area contributed by atoms with Crippen LogP contribution in [0.2, 0.25) is 0 Å². The smallest absolute Gasteiger partial charge is 0.410 e. The van der Waals surface area contributed by atoms with Crippen LogP contribution >= 0.6 is 0 Å². The molecule has 1 aliphatic rings. The lowest BCUT2D eigenvalue weighted by Crippen LogP contribution is -2.43. The van der Waals surface area contributed by atoms with Crippen LogP contribution in [0.5, 0.6) is 0 Å². The van der Waals surface area contributed by atoms with Crippen molar-refractivity contribution in [2.24, 2.45) is 28.7 Å². The van der Waals surface area contributed by atoms with Gasteiger partial charge in [-0.2, -0.15) is 0 Å². The summed E-state index contributed by atoms with van der Waals surface area (Å²) in [5.74, 6) is -1.59. The Balaban J connectivity index is 0.000000209. The van der Waals surface area contributed by atoms with Crippen LogP contribution in [0.4, 0.5) is 14.4 Å². The van der Waals surface area contributed by atoms with Crippen LogP contribution in [0.15, 0.2) is 140 Å². The van der Waals surface area contributed by atoms with Crippen LogP contribution in [0.3, 0.4) is 0 Å². The molecule has 0 saturated carbocycles. The number of ether oxygens (including phenoxy) is 6. The molecule has 0 bridgehead atoms. The van der Waals surface area contributed by atoms with Crippen molar-refractivity contribution in [3.8, 4) is 0 Å². The van der Waals surface area contributed by atoms with Crippen molar-refractivity contribution in [2.75, 3.05) is 53.6 Å². The van der Waals surface area contributed by atoms with Gasteiger partial charge in [0.2, 0.25) is 11.8 Å². The van der Waals surface area contributed by atoms with Crippen LogP contribution in [-0.2, 0) is 96.8 Å². The Morgan fingerprint density at radius 1 is 0.468 bits per heavy atom. The number of hydrogen-bond donors (Lipinski definition) is 5. The number of aromatic nitrogens is 9. The number of pyridine rings is 3. The average Bonchev–Trinajstić information content (AvgIpc) is 1.67. The number of carbonyl (C=O) groups is 9. The number of hydrogen-bond acceptors (Lipinski definition) is 24. The molecular formula is C79H101N17O15. The molecule has 32 heteroatoms. The number of fused-ring (bicyclic) bond motifs is 3. The van der Waals surface area contributed by atoms with Crippen LogP contribution < -0.4 is 28.7 Å². The quantitative estimate of drug-likeness (QED) is 0.0243. The zero-order valence-electron chi connectivity index (χ0n) is 64.5. The lowest BCUT2D eigenvalue weighted by Gasteiger charge is -2.23. The van der Waals surface area contributed by atoms with E-state index in [0.717, 1.165) is 27.2 Å². The summed E-state index contributed by atoms with van der Waals surface area (Å²) in [4.78, 5) is 114. The van der Waals surface area contributed by atoms with E-state index >= 15 is 0 Å². The molecule has 10 rings (SSSR count). The molecule has 9 aromatic rings. The minimum atomic E-state index is -1.03. The first-order valence-electron chi connectivity index (χ1n) is 36.2. The predicted octanol–water partition coefficient (Wildman–Crippen LogP) is 7.28. The molecule has 32 nitrogen and oxygen atoms in total. The number of amides is 5. The SMILES string of the molecule is CC(=O)CN(C)C(=O)OCc1cccc2nnc([C@@H](COCc3ccccc3)CC(=O)C(C)(C)N)n12.CC(C)(N)C(=O)C[C@H](COCc1ccccc1)c1nnc2cccc(COC(=O)N3CCC[C@@H]3C(N)=O)n12.Cc1ccccc1COC[C@@H](CC(=O)C(C)(C)N)c1nnc2cccc(COC(=O)N(C)CC(N)=O)n12. The second-order valence-corrected chi connectivity index (χ2v) is 29.2. The van der Waals surface area contributed by atoms with Gasteiger partial charge in [-0.3, -0.25) is 46.9 Å². The van der Waals surface area contributed by atoms with Crippen molar-refractivity contribution in [1.29, 1.82) is 0 Å². The first-order chi connectivity index (χ1) is 52.7. The van der Waals surface area contributed by atoms with E-state index in [1.807, 2.05) is 91.9 Å². The number of aryl methyl sites for hydroxylation is 1. The molecule has 7 heterocycles. The molecule has 10 N–H and O–H groups in total. The van der Waals surface area contributed by atoms with Crippen LogP contribution in [-0.4, -0.2) is 188 Å². The Kier molecular flexibility index (Phi) is 30.3. The van der Waals surface area contributed by atoms with E-state index in [1.54, 1.807) is 109 Å². The number of Topliss-reactive ketones (excluding diaryl/α,β-unsaturated/α-hetero) is 4. The van der Waals surface area contributed by atoms with Gasteiger partial charge in [0.25, 0.3) is 0 Å². The lowest BCUT2D eigenvalue weighted by molar-refractivity contribution is -0.124. The van der Waals surface area contributed by atoms with Gasteiger partial charge >= 0.3 is 18.3 Å². The first kappa shape index (κ1) is 85.3. The molecule has 592 valence electrons.